The van der Waals surface area contributed by atoms with Crippen LogP contribution in [0.5, 0.6) is 17.2 Å². The molecule has 0 aliphatic carbocycles. The van der Waals surface area contributed by atoms with E-state index in [0.29, 0.717) is 23.7 Å². The Morgan fingerprint density at radius 1 is 0.966 bits per heavy atom. The van der Waals surface area contributed by atoms with Gasteiger partial charge >= 0.3 is 0 Å². The van der Waals surface area contributed by atoms with E-state index in [1.54, 1.807) is 50.6 Å². The number of carbonyl (C=O) groups is 1. The molecular weight excluding hydrogens is 479 g/mol. The number of hydrogen-bond acceptors (Lipinski definition) is 4. The molecule has 0 saturated carbocycles. The van der Waals surface area contributed by atoms with Crippen molar-refractivity contribution < 1.29 is 19.0 Å². The van der Waals surface area contributed by atoms with E-state index in [1.807, 2.05) is 42.5 Å². The lowest BCUT2D eigenvalue weighted by molar-refractivity contribution is 0.104. The monoisotopic (exact) mass is 500 g/mol. The van der Waals surface area contributed by atoms with Crippen LogP contribution in [0.15, 0.2) is 72.8 Å². The van der Waals surface area contributed by atoms with Crippen molar-refractivity contribution in [3.8, 4) is 17.2 Å². The van der Waals surface area contributed by atoms with Crippen LogP contribution in [0.2, 0.25) is 0 Å². The highest BCUT2D eigenvalue weighted by atomic mass is 127. The van der Waals surface area contributed by atoms with Gasteiger partial charge in [0.05, 0.1) is 17.8 Å². The van der Waals surface area contributed by atoms with Crippen molar-refractivity contribution in [2.75, 3.05) is 14.2 Å². The number of allylic oxidation sites excluding steroid dienone is 1. The molecule has 148 valence electrons. The second-order valence-corrected chi connectivity index (χ2v) is 7.40. The number of rotatable bonds is 8. The van der Waals surface area contributed by atoms with Gasteiger partial charge in [0.2, 0.25) is 0 Å². The molecule has 3 rings (SSSR count). The van der Waals surface area contributed by atoms with Crippen LogP contribution in [0.3, 0.4) is 0 Å². The molecule has 29 heavy (non-hydrogen) atoms. The first kappa shape index (κ1) is 20.9. The number of hydrogen-bond donors (Lipinski definition) is 0. The van der Waals surface area contributed by atoms with Crippen LogP contribution in [0.4, 0.5) is 0 Å². The summed E-state index contributed by atoms with van der Waals surface area (Å²) in [6, 6.07) is 20.8. The van der Waals surface area contributed by atoms with E-state index in [4.69, 9.17) is 14.2 Å². The van der Waals surface area contributed by atoms with Gasteiger partial charge in [-0.2, -0.15) is 0 Å². The molecule has 0 N–H and O–H groups in total. The smallest absolute Gasteiger partial charge is 0.185 e. The number of ether oxygens (including phenoxy) is 3. The lowest BCUT2D eigenvalue weighted by atomic mass is 10.1. The van der Waals surface area contributed by atoms with E-state index in [1.165, 1.54) is 0 Å². The van der Waals surface area contributed by atoms with Crippen molar-refractivity contribution in [3.05, 3.63) is 93.1 Å². The second-order valence-electron chi connectivity index (χ2n) is 6.23. The largest absolute Gasteiger partial charge is 0.497 e. The highest BCUT2D eigenvalue weighted by Gasteiger charge is 2.11. The third-order valence-electron chi connectivity index (χ3n) is 4.28. The normalized spacial score (nSPS) is 10.7. The molecule has 0 amide bonds. The van der Waals surface area contributed by atoms with Gasteiger partial charge in [-0.15, -0.1) is 0 Å². The highest BCUT2D eigenvalue weighted by Crippen LogP contribution is 2.35. The van der Waals surface area contributed by atoms with Gasteiger partial charge in [-0.25, -0.2) is 0 Å². The number of carbonyl (C=O) groups excluding carboxylic acids is 1. The second kappa shape index (κ2) is 10.1. The zero-order chi connectivity index (χ0) is 20.6. The molecule has 0 aliphatic rings. The zero-order valence-electron chi connectivity index (χ0n) is 16.2. The van der Waals surface area contributed by atoms with Gasteiger partial charge < -0.3 is 14.2 Å². The molecule has 3 aromatic rings. The van der Waals surface area contributed by atoms with Crippen LogP contribution in [-0.2, 0) is 6.61 Å². The third kappa shape index (κ3) is 5.60. The van der Waals surface area contributed by atoms with Crippen molar-refractivity contribution in [1.29, 1.82) is 0 Å². The fourth-order valence-electron chi connectivity index (χ4n) is 2.73. The Kier molecular flexibility index (Phi) is 7.30. The summed E-state index contributed by atoms with van der Waals surface area (Å²) in [6.07, 6.45) is 3.33. The van der Waals surface area contributed by atoms with Crippen molar-refractivity contribution in [2.45, 2.75) is 6.61 Å². The predicted octanol–water partition coefficient (Wildman–Crippen LogP) is 5.78. The van der Waals surface area contributed by atoms with E-state index >= 15 is 0 Å². The maximum Gasteiger partial charge on any atom is 0.185 e. The first-order chi connectivity index (χ1) is 14.1. The van der Waals surface area contributed by atoms with Crippen LogP contribution >= 0.6 is 22.6 Å². The summed E-state index contributed by atoms with van der Waals surface area (Å²) in [5.74, 6) is 1.96. The van der Waals surface area contributed by atoms with Gasteiger partial charge in [0.15, 0.2) is 17.3 Å². The Hall–Kier alpha value is -2.80. The third-order valence-corrected chi connectivity index (χ3v) is 5.08. The van der Waals surface area contributed by atoms with Gasteiger partial charge in [-0.05, 0) is 76.2 Å². The Morgan fingerprint density at radius 3 is 2.34 bits per heavy atom. The van der Waals surface area contributed by atoms with E-state index in [-0.39, 0.29) is 5.78 Å². The van der Waals surface area contributed by atoms with Crippen LogP contribution in [0.25, 0.3) is 6.08 Å². The minimum atomic E-state index is -0.0777. The molecule has 0 fully saturated rings. The average molecular weight is 500 g/mol. The van der Waals surface area contributed by atoms with Gasteiger partial charge in [0.25, 0.3) is 0 Å². The SMILES string of the molecule is COc1ccc(C(=O)/C=C/c2cc(I)c(OCc3ccccc3)c(OC)c2)cc1. The Labute approximate surface area is 184 Å². The molecule has 4 nitrogen and oxygen atoms in total. The summed E-state index contributed by atoms with van der Waals surface area (Å²) < 4.78 is 17.5. The summed E-state index contributed by atoms with van der Waals surface area (Å²) in [4.78, 5) is 12.4. The van der Waals surface area contributed by atoms with Crippen molar-refractivity contribution in [2.24, 2.45) is 0 Å². The number of benzene rings is 3. The summed E-state index contributed by atoms with van der Waals surface area (Å²) >= 11 is 2.22. The fourth-order valence-corrected chi connectivity index (χ4v) is 3.51. The van der Waals surface area contributed by atoms with Gasteiger partial charge in [0, 0.05) is 5.56 Å². The summed E-state index contributed by atoms with van der Waals surface area (Å²) in [5, 5.41) is 0. The number of halogens is 1. The van der Waals surface area contributed by atoms with E-state index in [0.717, 1.165) is 20.4 Å². The highest BCUT2D eigenvalue weighted by molar-refractivity contribution is 14.1. The zero-order valence-corrected chi connectivity index (χ0v) is 18.4. The van der Waals surface area contributed by atoms with Crippen molar-refractivity contribution in [1.82, 2.24) is 0 Å². The molecule has 3 aromatic carbocycles. The van der Waals surface area contributed by atoms with E-state index < -0.39 is 0 Å². The maximum atomic E-state index is 12.4. The molecule has 0 saturated heterocycles. The predicted molar refractivity (Wildman–Crippen MR) is 123 cm³/mol. The number of methoxy groups -OCH3 is 2. The van der Waals surface area contributed by atoms with Crippen LogP contribution in [0.1, 0.15) is 21.5 Å². The lowest BCUT2D eigenvalue weighted by Crippen LogP contribution is -2.00. The first-order valence-electron chi connectivity index (χ1n) is 9.01. The van der Waals surface area contributed by atoms with Crippen molar-refractivity contribution in [3.63, 3.8) is 0 Å². The quantitative estimate of drug-likeness (QED) is 0.223. The molecule has 0 heterocycles. The van der Waals surface area contributed by atoms with Crippen LogP contribution in [0, 0.1) is 3.57 Å². The van der Waals surface area contributed by atoms with E-state index in [2.05, 4.69) is 22.6 Å². The maximum absolute atomic E-state index is 12.4. The standard InChI is InChI=1S/C24H21IO4/c1-27-20-11-9-19(10-12-20)22(26)13-8-18-14-21(25)24(23(15-18)28-2)29-16-17-6-4-3-5-7-17/h3-15H,16H2,1-2H3/b13-8+. The molecule has 0 atom stereocenters. The summed E-state index contributed by atoms with van der Waals surface area (Å²) in [7, 11) is 3.20. The van der Waals surface area contributed by atoms with Crippen molar-refractivity contribution >= 4 is 34.5 Å². The van der Waals surface area contributed by atoms with Gasteiger partial charge in [-0.1, -0.05) is 36.4 Å². The molecule has 0 bridgehead atoms. The number of ketones is 1. The fraction of sp³-hybridized carbons (Fsp3) is 0.125. The summed E-state index contributed by atoms with van der Waals surface area (Å²) in [6.45, 7) is 0.457. The molecule has 0 radical (unpaired) electrons. The van der Waals surface area contributed by atoms with E-state index in [9.17, 15) is 4.79 Å². The Bertz CT molecular complexity index is 995. The minimum Gasteiger partial charge on any atom is -0.497 e. The van der Waals surface area contributed by atoms with Crippen LogP contribution in [-0.4, -0.2) is 20.0 Å². The van der Waals surface area contributed by atoms with Crippen LogP contribution < -0.4 is 14.2 Å². The molecule has 5 heteroatoms. The molecule has 0 spiro atoms. The molecular formula is C24H21IO4. The summed E-state index contributed by atoms with van der Waals surface area (Å²) in [5.41, 5.74) is 2.55. The first-order valence-corrected chi connectivity index (χ1v) is 10.1. The Morgan fingerprint density at radius 2 is 1.69 bits per heavy atom. The van der Waals surface area contributed by atoms with Gasteiger partial charge in [0.1, 0.15) is 12.4 Å². The lowest BCUT2D eigenvalue weighted by Gasteiger charge is -2.13. The molecule has 0 aromatic heterocycles. The van der Waals surface area contributed by atoms with Gasteiger partial charge in [-0.3, -0.25) is 4.79 Å². The molecule has 0 unspecified atom stereocenters. The minimum absolute atomic E-state index is 0.0777. The average Bonchev–Trinajstić information content (AvgIpc) is 2.77. The molecule has 0 aliphatic heterocycles. The Balaban J connectivity index is 1.75. The topological polar surface area (TPSA) is 44.8 Å².